The van der Waals surface area contributed by atoms with Crippen LogP contribution < -0.4 is 10.6 Å². The van der Waals surface area contributed by atoms with Crippen molar-refractivity contribution in [3.05, 3.63) is 86.5 Å². The molecule has 2 aromatic carbocycles. The highest BCUT2D eigenvalue weighted by molar-refractivity contribution is 6.31. The first-order valence-electron chi connectivity index (χ1n) is 8.73. The summed E-state index contributed by atoms with van der Waals surface area (Å²) in [5, 5.41) is 2.15. The molecule has 0 bridgehead atoms. The minimum Gasteiger partial charge on any atom is -0.321 e. The molecule has 1 aliphatic rings. The molecule has 0 unspecified atom stereocenters. The Balaban J connectivity index is 1.82. The van der Waals surface area contributed by atoms with Crippen molar-refractivity contribution in [1.82, 2.24) is 14.5 Å². The quantitative estimate of drug-likeness (QED) is 0.465. The second-order valence-corrected chi connectivity index (χ2v) is 7.56. The molecule has 3 heterocycles. The van der Waals surface area contributed by atoms with E-state index in [0.29, 0.717) is 28.1 Å². The predicted octanol–water partition coefficient (Wildman–Crippen LogP) is 5.05. The number of pyridine rings is 1. The summed E-state index contributed by atoms with van der Waals surface area (Å²) in [5.74, 6) is 0.631. The molecule has 0 atom stereocenters. The summed E-state index contributed by atoms with van der Waals surface area (Å²) in [7, 11) is 0. The van der Waals surface area contributed by atoms with Crippen molar-refractivity contribution in [1.29, 1.82) is 0 Å². The van der Waals surface area contributed by atoms with Gasteiger partial charge in [0.1, 0.15) is 5.82 Å². The Morgan fingerprint density at radius 2 is 1.82 bits per heavy atom. The molecule has 5 rings (SSSR count). The molecular formula is C21H14Cl2N4O. The van der Waals surface area contributed by atoms with Crippen molar-refractivity contribution in [2.24, 2.45) is 0 Å². The highest BCUT2D eigenvalue weighted by Crippen LogP contribution is 2.41. The van der Waals surface area contributed by atoms with Gasteiger partial charge in [-0.3, -0.25) is 9.55 Å². The van der Waals surface area contributed by atoms with E-state index in [1.807, 2.05) is 54.3 Å². The lowest BCUT2D eigenvalue weighted by molar-refractivity contribution is 0.920. The Labute approximate surface area is 170 Å². The zero-order valence-electron chi connectivity index (χ0n) is 14.9. The smallest absolute Gasteiger partial charge is 0.321 e. The van der Waals surface area contributed by atoms with E-state index in [4.69, 9.17) is 23.2 Å². The summed E-state index contributed by atoms with van der Waals surface area (Å²) in [6, 6.07) is 14.9. The van der Waals surface area contributed by atoms with Gasteiger partial charge in [0.15, 0.2) is 0 Å². The van der Waals surface area contributed by atoms with Gasteiger partial charge in [-0.25, -0.2) is 4.79 Å². The van der Waals surface area contributed by atoms with Crippen LogP contribution in [0.15, 0.2) is 59.5 Å². The second-order valence-electron chi connectivity index (χ2n) is 6.68. The van der Waals surface area contributed by atoms with Crippen LogP contribution in [0.2, 0.25) is 10.0 Å². The third-order valence-electron chi connectivity index (χ3n) is 4.96. The maximum absolute atomic E-state index is 13.1. The van der Waals surface area contributed by atoms with Gasteiger partial charge in [0.25, 0.3) is 0 Å². The van der Waals surface area contributed by atoms with Gasteiger partial charge in [-0.15, -0.1) is 0 Å². The SMILES string of the molecule is Cc1ncccc1-n1c(=O)nc2c3c(cc(Cl)cc31)CN2c1ccc(Cl)cc1. The van der Waals surface area contributed by atoms with Crippen LogP contribution in [0, 0.1) is 6.92 Å². The summed E-state index contributed by atoms with van der Waals surface area (Å²) >= 11 is 12.4. The molecule has 2 aromatic heterocycles. The monoisotopic (exact) mass is 408 g/mol. The number of rotatable bonds is 2. The number of aryl methyl sites for hydroxylation is 1. The van der Waals surface area contributed by atoms with Gasteiger partial charge in [0.05, 0.1) is 23.4 Å². The third kappa shape index (κ3) is 2.58. The minimum absolute atomic E-state index is 0.368. The van der Waals surface area contributed by atoms with Crippen LogP contribution in [0.4, 0.5) is 11.5 Å². The van der Waals surface area contributed by atoms with Gasteiger partial charge in [0.2, 0.25) is 0 Å². The number of benzene rings is 2. The third-order valence-corrected chi connectivity index (χ3v) is 5.43. The van der Waals surface area contributed by atoms with Gasteiger partial charge in [-0.1, -0.05) is 23.2 Å². The highest BCUT2D eigenvalue weighted by Gasteiger charge is 2.28. The molecule has 0 spiro atoms. The lowest BCUT2D eigenvalue weighted by Crippen LogP contribution is -2.25. The fourth-order valence-electron chi connectivity index (χ4n) is 3.73. The molecule has 0 N–H and O–H groups in total. The fraction of sp³-hybridized carbons (Fsp3) is 0.0952. The molecular weight excluding hydrogens is 395 g/mol. The first kappa shape index (κ1) is 17.2. The van der Waals surface area contributed by atoms with Crippen molar-refractivity contribution < 1.29 is 0 Å². The van der Waals surface area contributed by atoms with Crippen LogP contribution in [0.3, 0.4) is 0 Å². The second kappa shape index (κ2) is 6.33. The summed E-state index contributed by atoms with van der Waals surface area (Å²) in [6.07, 6.45) is 1.70. The van der Waals surface area contributed by atoms with Crippen molar-refractivity contribution in [3.8, 4) is 5.69 Å². The Kier molecular flexibility index (Phi) is 3.89. The Hall–Kier alpha value is -2.89. The molecule has 4 aromatic rings. The van der Waals surface area contributed by atoms with Crippen LogP contribution in [-0.4, -0.2) is 14.5 Å². The number of nitrogens with zero attached hydrogens (tertiary/aromatic N) is 4. The Bertz CT molecular complexity index is 1300. The molecule has 28 heavy (non-hydrogen) atoms. The van der Waals surface area contributed by atoms with Crippen molar-refractivity contribution in [2.45, 2.75) is 13.5 Å². The van der Waals surface area contributed by atoms with E-state index in [1.54, 1.807) is 16.8 Å². The predicted molar refractivity (Wildman–Crippen MR) is 112 cm³/mol. The molecule has 1 aliphatic heterocycles. The normalized spacial score (nSPS) is 12.8. The molecule has 0 saturated heterocycles. The van der Waals surface area contributed by atoms with Gasteiger partial charge in [-0.2, -0.15) is 4.98 Å². The maximum atomic E-state index is 13.1. The first-order chi connectivity index (χ1) is 13.5. The van der Waals surface area contributed by atoms with Gasteiger partial charge in [-0.05, 0) is 61.0 Å². The standard InChI is InChI=1S/C21H14Cl2N4O/c1-12-17(3-2-8-24-12)27-18-10-15(23)9-13-11-26(16-6-4-14(22)5-7-16)20(19(13)18)25-21(27)28/h2-10H,11H2,1H3. The van der Waals surface area contributed by atoms with E-state index in [9.17, 15) is 4.79 Å². The lowest BCUT2D eigenvalue weighted by Gasteiger charge is -2.19. The average Bonchev–Trinajstić information content (AvgIpc) is 3.02. The first-order valence-corrected chi connectivity index (χ1v) is 9.49. The molecule has 0 saturated carbocycles. The molecule has 0 fully saturated rings. The van der Waals surface area contributed by atoms with Crippen molar-refractivity contribution in [2.75, 3.05) is 4.90 Å². The summed E-state index contributed by atoms with van der Waals surface area (Å²) < 4.78 is 1.59. The zero-order chi connectivity index (χ0) is 19.4. The number of anilines is 2. The molecule has 0 radical (unpaired) electrons. The fourth-order valence-corrected chi connectivity index (χ4v) is 4.09. The topological polar surface area (TPSA) is 51.0 Å². The van der Waals surface area contributed by atoms with Crippen LogP contribution >= 0.6 is 23.2 Å². The number of hydrogen-bond donors (Lipinski definition) is 0. The van der Waals surface area contributed by atoms with E-state index >= 15 is 0 Å². The van der Waals surface area contributed by atoms with Crippen LogP contribution in [-0.2, 0) is 6.54 Å². The zero-order valence-corrected chi connectivity index (χ0v) is 16.4. The van der Waals surface area contributed by atoms with Crippen LogP contribution in [0.5, 0.6) is 0 Å². The molecule has 7 heteroatoms. The number of hydrogen-bond acceptors (Lipinski definition) is 4. The number of halogens is 2. The number of aromatic nitrogens is 3. The summed E-state index contributed by atoms with van der Waals surface area (Å²) in [6.45, 7) is 2.45. The Morgan fingerprint density at radius 1 is 1.04 bits per heavy atom. The average molecular weight is 409 g/mol. The lowest BCUT2D eigenvalue weighted by atomic mass is 10.1. The highest BCUT2D eigenvalue weighted by atomic mass is 35.5. The van der Waals surface area contributed by atoms with Crippen LogP contribution in [0.25, 0.3) is 16.6 Å². The minimum atomic E-state index is -0.368. The van der Waals surface area contributed by atoms with E-state index in [0.717, 1.165) is 27.8 Å². The Morgan fingerprint density at radius 3 is 2.57 bits per heavy atom. The van der Waals surface area contributed by atoms with E-state index in [1.165, 1.54) is 0 Å². The molecule has 138 valence electrons. The molecule has 0 amide bonds. The van der Waals surface area contributed by atoms with Crippen molar-refractivity contribution in [3.63, 3.8) is 0 Å². The maximum Gasteiger partial charge on any atom is 0.354 e. The van der Waals surface area contributed by atoms with Gasteiger partial charge < -0.3 is 4.90 Å². The summed E-state index contributed by atoms with van der Waals surface area (Å²) in [4.78, 5) is 23.8. The molecule has 0 aliphatic carbocycles. The van der Waals surface area contributed by atoms with Gasteiger partial charge in [0, 0.05) is 27.3 Å². The summed E-state index contributed by atoms with van der Waals surface area (Å²) in [5.41, 5.74) is 3.74. The van der Waals surface area contributed by atoms with Crippen molar-refractivity contribution >= 4 is 45.6 Å². The van der Waals surface area contributed by atoms with Crippen LogP contribution in [0.1, 0.15) is 11.3 Å². The molecule has 5 nitrogen and oxygen atoms in total. The largest absolute Gasteiger partial charge is 0.354 e. The van der Waals surface area contributed by atoms with E-state index < -0.39 is 0 Å². The van der Waals surface area contributed by atoms with E-state index in [-0.39, 0.29) is 5.69 Å². The van der Waals surface area contributed by atoms with Gasteiger partial charge >= 0.3 is 5.69 Å². The van der Waals surface area contributed by atoms with E-state index in [2.05, 4.69) is 9.97 Å².